The topological polar surface area (TPSA) is 79.1 Å². The van der Waals surface area contributed by atoms with Crippen molar-refractivity contribution in [3.63, 3.8) is 0 Å². The Kier molecular flexibility index (Phi) is 10.5. The van der Waals surface area contributed by atoms with Gasteiger partial charge in [0.25, 0.3) is 5.56 Å². The lowest BCUT2D eigenvalue weighted by Crippen LogP contribution is -2.40. The van der Waals surface area contributed by atoms with Crippen molar-refractivity contribution >= 4 is 52.4 Å². The van der Waals surface area contributed by atoms with E-state index < -0.39 is 12.0 Å². The fourth-order valence-corrected chi connectivity index (χ4v) is 7.11. The van der Waals surface area contributed by atoms with Crippen molar-refractivity contribution in [1.29, 1.82) is 0 Å². The summed E-state index contributed by atoms with van der Waals surface area (Å²) in [6.07, 6.45) is 3.82. The Bertz CT molecular complexity index is 2160. The van der Waals surface area contributed by atoms with Crippen LogP contribution in [0.25, 0.3) is 11.8 Å². The standard InChI is InChI=1S/C38H33ClN2O5S2/c1-4-44-31-21-24(14-19-30(31)46-23-25-10-9-13-28(39)20-25)22-32-36(42)41-35(27-15-17-29(47-3)18-16-27)33(37(43)45-5-2)34(40-38(41)48-32)26-11-7-6-8-12-26/h6-22,35H,4-5,23H2,1-3H3/b32-22-/t35-/m0/s1. The van der Waals surface area contributed by atoms with E-state index in [2.05, 4.69) is 0 Å². The van der Waals surface area contributed by atoms with Gasteiger partial charge in [-0.25, -0.2) is 9.79 Å². The van der Waals surface area contributed by atoms with Crippen LogP contribution in [-0.4, -0.2) is 30.0 Å². The first kappa shape index (κ1) is 33.3. The van der Waals surface area contributed by atoms with Gasteiger partial charge in [-0.1, -0.05) is 83.6 Å². The van der Waals surface area contributed by atoms with Crippen LogP contribution in [0.1, 0.15) is 42.1 Å². The van der Waals surface area contributed by atoms with Gasteiger partial charge in [-0.05, 0) is 79.3 Å². The maximum absolute atomic E-state index is 14.3. The first-order valence-corrected chi connectivity index (χ1v) is 17.9. The molecule has 0 saturated heterocycles. The quantitative estimate of drug-likeness (QED) is 0.107. The number of halogens is 1. The van der Waals surface area contributed by atoms with Crippen molar-refractivity contribution in [2.75, 3.05) is 19.5 Å². The zero-order chi connectivity index (χ0) is 33.6. The normalized spacial score (nSPS) is 14.3. The molecule has 0 spiro atoms. The van der Waals surface area contributed by atoms with E-state index in [0.717, 1.165) is 27.1 Å². The van der Waals surface area contributed by atoms with E-state index in [-0.39, 0.29) is 12.2 Å². The number of ether oxygens (including phenoxy) is 3. The number of thiazole rings is 1. The first-order chi connectivity index (χ1) is 23.4. The fraction of sp³-hybridized carbons (Fsp3) is 0.184. The zero-order valence-electron chi connectivity index (χ0n) is 26.6. The molecule has 0 amide bonds. The van der Waals surface area contributed by atoms with Gasteiger partial charge < -0.3 is 14.2 Å². The minimum atomic E-state index is -0.741. The van der Waals surface area contributed by atoms with Gasteiger partial charge in [-0.2, -0.15) is 0 Å². The number of rotatable bonds is 11. The number of carbonyl (C=O) groups excluding carboxylic acids is 1. The van der Waals surface area contributed by atoms with E-state index >= 15 is 0 Å². The highest BCUT2D eigenvalue weighted by Crippen LogP contribution is 2.36. The summed E-state index contributed by atoms with van der Waals surface area (Å²) in [5.41, 5.74) is 3.79. The fourth-order valence-electron chi connectivity index (χ4n) is 5.48. The lowest BCUT2D eigenvalue weighted by atomic mass is 9.93. The third kappa shape index (κ3) is 7.13. The summed E-state index contributed by atoms with van der Waals surface area (Å²) in [5, 5.41) is 0.641. The second-order valence-electron chi connectivity index (χ2n) is 10.8. The number of hydrogen-bond donors (Lipinski definition) is 0. The molecule has 0 saturated carbocycles. The number of benzene rings is 4. The molecule has 1 aromatic heterocycles. The van der Waals surface area contributed by atoms with Crippen LogP contribution >= 0.6 is 34.7 Å². The van der Waals surface area contributed by atoms with Crippen molar-refractivity contribution in [3.8, 4) is 11.5 Å². The Hall–Kier alpha value is -4.57. The summed E-state index contributed by atoms with van der Waals surface area (Å²) >= 11 is 9.04. The van der Waals surface area contributed by atoms with Gasteiger partial charge in [0.1, 0.15) is 6.61 Å². The summed E-state index contributed by atoms with van der Waals surface area (Å²) in [6.45, 7) is 4.62. The highest BCUT2D eigenvalue weighted by atomic mass is 35.5. The molecule has 7 nitrogen and oxygen atoms in total. The van der Waals surface area contributed by atoms with Gasteiger partial charge in [-0.15, -0.1) is 11.8 Å². The lowest BCUT2D eigenvalue weighted by molar-refractivity contribution is -0.138. The number of aromatic nitrogens is 1. The number of hydrogen-bond acceptors (Lipinski definition) is 8. The van der Waals surface area contributed by atoms with Crippen molar-refractivity contribution in [2.24, 2.45) is 4.99 Å². The molecule has 0 bridgehead atoms. The Balaban J connectivity index is 1.47. The van der Waals surface area contributed by atoms with Crippen molar-refractivity contribution in [1.82, 2.24) is 4.57 Å². The molecular weight excluding hydrogens is 664 g/mol. The molecule has 0 aliphatic carbocycles. The molecule has 48 heavy (non-hydrogen) atoms. The van der Waals surface area contributed by atoms with E-state index in [1.807, 2.05) is 116 Å². The highest BCUT2D eigenvalue weighted by molar-refractivity contribution is 7.98. The molecule has 0 fully saturated rings. The maximum Gasteiger partial charge on any atom is 0.338 e. The molecule has 0 unspecified atom stereocenters. The number of nitrogens with zero attached hydrogens (tertiary/aromatic N) is 2. The summed E-state index contributed by atoms with van der Waals surface area (Å²) in [7, 11) is 0. The summed E-state index contributed by atoms with van der Waals surface area (Å²) in [5.74, 6) is 0.627. The van der Waals surface area contributed by atoms with Gasteiger partial charge in [0.05, 0.1) is 35.1 Å². The number of fused-ring (bicyclic) bond motifs is 1. The largest absolute Gasteiger partial charge is 0.490 e. The number of esters is 1. The maximum atomic E-state index is 14.3. The second kappa shape index (κ2) is 15.1. The van der Waals surface area contributed by atoms with Crippen LogP contribution < -0.4 is 24.4 Å². The van der Waals surface area contributed by atoms with Gasteiger partial charge in [-0.3, -0.25) is 9.36 Å². The minimum Gasteiger partial charge on any atom is -0.490 e. The summed E-state index contributed by atoms with van der Waals surface area (Å²) < 4.78 is 19.7. The van der Waals surface area contributed by atoms with Crippen molar-refractivity contribution in [3.05, 3.63) is 150 Å². The first-order valence-electron chi connectivity index (χ1n) is 15.5. The van der Waals surface area contributed by atoms with Crippen LogP contribution in [0.5, 0.6) is 11.5 Å². The SMILES string of the molecule is CCOC(=O)C1=C(c2ccccc2)N=c2s/c(=C\c3ccc(OCc4cccc(Cl)c4)c(OCC)c3)c(=O)n2[C@H]1c1ccc(SC)cc1. The smallest absolute Gasteiger partial charge is 0.338 e. The average Bonchev–Trinajstić information content (AvgIpc) is 3.41. The van der Waals surface area contributed by atoms with Gasteiger partial charge in [0, 0.05) is 15.5 Å². The molecular formula is C38H33ClN2O5S2. The van der Waals surface area contributed by atoms with Crippen LogP contribution in [0, 0.1) is 0 Å². The van der Waals surface area contributed by atoms with Gasteiger partial charge >= 0.3 is 5.97 Å². The van der Waals surface area contributed by atoms with Crippen LogP contribution in [0.2, 0.25) is 5.02 Å². The Morgan fingerprint density at radius 3 is 2.44 bits per heavy atom. The molecule has 0 radical (unpaired) electrons. The van der Waals surface area contributed by atoms with E-state index in [9.17, 15) is 9.59 Å². The van der Waals surface area contributed by atoms with Crippen LogP contribution in [0.15, 0.2) is 117 Å². The molecule has 244 valence electrons. The number of carbonyl (C=O) groups is 1. The Labute approximate surface area is 291 Å². The van der Waals surface area contributed by atoms with Crippen molar-refractivity contribution < 1.29 is 19.0 Å². The summed E-state index contributed by atoms with van der Waals surface area (Å²) in [6, 6.07) is 29.8. The van der Waals surface area contributed by atoms with Crippen LogP contribution in [-0.2, 0) is 16.1 Å². The lowest BCUT2D eigenvalue weighted by Gasteiger charge is -2.26. The van der Waals surface area contributed by atoms with Gasteiger partial charge in [0.2, 0.25) is 0 Å². The molecule has 6 rings (SSSR count). The Morgan fingerprint density at radius 1 is 0.938 bits per heavy atom. The predicted octanol–water partition coefficient (Wildman–Crippen LogP) is 7.29. The van der Waals surface area contributed by atoms with Gasteiger partial charge in [0.15, 0.2) is 16.3 Å². The average molecular weight is 697 g/mol. The third-order valence-electron chi connectivity index (χ3n) is 7.65. The molecule has 1 aliphatic heterocycles. The second-order valence-corrected chi connectivity index (χ2v) is 13.1. The van der Waals surface area contributed by atoms with E-state index in [4.69, 9.17) is 30.8 Å². The minimum absolute atomic E-state index is 0.188. The molecule has 2 heterocycles. The molecule has 5 aromatic rings. The molecule has 4 aromatic carbocycles. The number of thioether (sulfide) groups is 1. The Morgan fingerprint density at radius 2 is 1.73 bits per heavy atom. The van der Waals surface area contributed by atoms with E-state index in [0.29, 0.717) is 50.3 Å². The summed E-state index contributed by atoms with van der Waals surface area (Å²) in [4.78, 5) is 34.5. The molecule has 0 N–H and O–H groups in total. The van der Waals surface area contributed by atoms with Crippen LogP contribution in [0.3, 0.4) is 0 Å². The predicted molar refractivity (Wildman–Crippen MR) is 193 cm³/mol. The molecule has 1 atom stereocenters. The van der Waals surface area contributed by atoms with Crippen molar-refractivity contribution in [2.45, 2.75) is 31.4 Å². The zero-order valence-corrected chi connectivity index (χ0v) is 29.0. The monoisotopic (exact) mass is 696 g/mol. The van der Waals surface area contributed by atoms with Crippen LogP contribution in [0.4, 0.5) is 0 Å². The highest BCUT2D eigenvalue weighted by Gasteiger charge is 2.35. The third-order valence-corrected chi connectivity index (χ3v) is 9.62. The molecule has 10 heteroatoms. The van der Waals surface area contributed by atoms with E-state index in [1.165, 1.54) is 11.3 Å². The molecule has 1 aliphatic rings. The van der Waals surface area contributed by atoms with E-state index in [1.54, 1.807) is 23.3 Å².